The monoisotopic (exact) mass is 497 g/mol. The zero-order valence-corrected chi connectivity index (χ0v) is 19.8. The third-order valence-corrected chi connectivity index (χ3v) is 6.04. The number of carbonyl (C=O) groups excluding carboxylic acids is 1. The summed E-state index contributed by atoms with van der Waals surface area (Å²) in [6.45, 7) is 0.378. The van der Waals surface area contributed by atoms with Gasteiger partial charge in [-0.15, -0.1) is 0 Å². The van der Waals surface area contributed by atoms with Crippen molar-refractivity contribution >= 4 is 26.8 Å². The summed E-state index contributed by atoms with van der Waals surface area (Å²) in [5.41, 5.74) is 2.20. The molecule has 0 spiro atoms. The molecule has 0 aliphatic rings. The van der Waals surface area contributed by atoms with Gasteiger partial charge < -0.3 is 15.0 Å². The third-order valence-electron chi connectivity index (χ3n) is 5.14. The van der Waals surface area contributed by atoms with E-state index < -0.39 is 15.7 Å². The SMILES string of the molecule is CS(=O)(=O)CCOc1nc2ccc(C(=O)NCCCc3ncc[nH]3)cc2nc1-c1ccc(F)cc1. The van der Waals surface area contributed by atoms with Crippen LogP contribution in [-0.2, 0) is 16.3 Å². The number of rotatable bonds is 10. The summed E-state index contributed by atoms with van der Waals surface area (Å²) in [6, 6.07) is 10.5. The van der Waals surface area contributed by atoms with Crippen LogP contribution in [-0.4, -0.2) is 59.4 Å². The minimum Gasteiger partial charge on any atom is -0.475 e. The van der Waals surface area contributed by atoms with Crippen LogP contribution in [0.25, 0.3) is 22.3 Å². The number of fused-ring (bicyclic) bond motifs is 1. The number of imidazole rings is 1. The number of aryl methyl sites for hydroxylation is 1. The number of nitrogens with one attached hydrogen (secondary N) is 2. The van der Waals surface area contributed by atoms with Crippen molar-refractivity contribution in [2.24, 2.45) is 0 Å². The molecule has 0 saturated carbocycles. The highest BCUT2D eigenvalue weighted by Gasteiger charge is 2.16. The van der Waals surface area contributed by atoms with Crippen molar-refractivity contribution in [2.75, 3.05) is 25.2 Å². The highest BCUT2D eigenvalue weighted by atomic mass is 32.2. The molecule has 182 valence electrons. The number of halogens is 1. The third kappa shape index (κ3) is 6.60. The van der Waals surface area contributed by atoms with Crippen LogP contribution in [0.5, 0.6) is 5.88 Å². The summed E-state index contributed by atoms with van der Waals surface area (Å²) in [4.78, 5) is 28.9. The zero-order chi connectivity index (χ0) is 24.8. The fourth-order valence-corrected chi connectivity index (χ4v) is 3.75. The smallest absolute Gasteiger partial charge is 0.251 e. The quantitative estimate of drug-likeness (QED) is 0.323. The second kappa shape index (κ2) is 10.6. The normalized spacial score (nSPS) is 11.5. The summed E-state index contributed by atoms with van der Waals surface area (Å²) < 4.78 is 42.1. The maximum atomic E-state index is 13.5. The van der Waals surface area contributed by atoms with Crippen LogP contribution >= 0.6 is 0 Å². The van der Waals surface area contributed by atoms with Gasteiger partial charge in [-0.05, 0) is 48.9 Å². The fourth-order valence-electron chi connectivity index (χ4n) is 3.36. The highest BCUT2D eigenvalue weighted by Crippen LogP contribution is 2.29. The molecule has 0 aliphatic carbocycles. The summed E-state index contributed by atoms with van der Waals surface area (Å²) in [7, 11) is -3.23. The van der Waals surface area contributed by atoms with Gasteiger partial charge in [-0.2, -0.15) is 0 Å². The topological polar surface area (TPSA) is 127 Å². The second-order valence-electron chi connectivity index (χ2n) is 7.96. The maximum absolute atomic E-state index is 13.5. The summed E-state index contributed by atoms with van der Waals surface area (Å²) >= 11 is 0. The van der Waals surface area contributed by atoms with Crippen molar-refractivity contribution in [3.8, 4) is 17.1 Å². The van der Waals surface area contributed by atoms with E-state index in [0.717, 1.165) is 24.9 Å². The molecule has 0 bridgehead atoms. The number of nitrogens with zero attached hydrogens (tertiary/aromatic N) is 3. The Morgan fingerprint density at radius 1 is 1.11 bits per heavy atom. The van der Waals surface area contributed by atoms with Crippen molar-refractivity contribution in [3.63, 3.8) is 0 Å². The minimum absolute atomic E-state index is 0.105. The van der Waals surface area contributed by atoms with E-state index in [1.807, 2.05) is 0 Å². The molecule has 11 heteroatoms. The zero-order valence-electron chi connectivity index (χ0n) is 19.0. The van der Waals surface area contributed by atoms with Gasteiger partial charge in [0.25, 0.3) is 5.91 Å². The lowest BCUT2D eigenvalue weighted by atomic mass is 10.1. The number of hydrogen-bond donors (Lipinski definition) is 2. The molecule has 0 saturated heterocycles. The maximum Gasteiger partial charge on any atom is 0.251 e. The number of carbonyl (C=O) groups is 1. The number of aromatic amines is 1. The van der Waals surface area contributed by atoms with Crippen molar-refractivity contribution in [1.29, 1.82) is 0 Å². The number of benzene rings is 2. The molecular weight excluding hydrogens is 473 g/mol. The van der Waals surface area contributed by atoms with Gasteiger partial charge in [0.05, 0.1) is 16.8 Å². The van der Waals surface area contributed by atoms with Crippen molar-refractivity contribution in [1.82, 2.24) is 25.3 Å². The number of H-pyrrole nitrogens is 1. The number of hydrogen-bond acceptors (Lipinski definition) is 7. The molecule has 2 aromatic carbocycles. The Bertz CT molecular complexity index is 1420. The molecule has 2 N–H and O–H groups in total. The Morgan fingerprint density at radius 2 is 1.91 bits per heavy atom. The molecule has 1 amide bonds. The van der Waals surface area contributed by atoms with Crippen LogP contribution in [0.15, 0.2) is 54.9 Å². The first-order chi connectivity index (χ1) is 16.8. The average molecular weight is 498 g/mol. The summed E-state index contributed by atoms with van der Waals surface area (Å²) in [5, 5.41) is 2.88. The Hall–Kier alpha value is -3.86. The molecule has 2 aromatic heterocycles. The molecular formula is C24H24FN5O4S. The molecule has 4 aromatic rings. The van der Waals surface area contributed by atoms with E-state index in [1.165, 1.54) is 24.3 Å². The van der Waals surface area contributed by atoms with Crippen molar-refractivity contribution in [2.45, 2.75) is 12.8 Å². The van der Waals surface area contributed by atoms with E-state index in [1.54, 1.807) is 30.6 Å². The van der Waals surface area contributed by atoms with E-state index in [-0.39, 0.29) is 24.1 Å². The van der Waals surface area contributed by atoms with Crippen LogP contribution in [0.4, 0.5) is 4.39 Å². The second-order valence-corrected chi connectivity index (χ2v) is 10.2. The lowest BCUT2D eigenvalue weighted by Gasteiger charge is -2.12. The van der Waals surface area contributed by atoms with Gasteiger partial charge in [-0.1, -0.05) is 0 Å². The Balaban J connectivity index is 1.56. The predicted octanol–water partition coefficient (Wildman–Crippen LogP) is 2.95. The molecule has 0 aliphatic heterocycles. The number of amides is 1. The van der Waals surface area contributed by atoms with Crippen molar-refractivity contribution in [3.05, 3.63) is 72.1 Å². The van der Waals surface area contributed by atoms with Gasteiger partial charge >= 0.3 is 0 Å². The summed E-state index contributed by atoms with van der Waals surface area (Å²) in [5.74, 6) is 0.151. The first-order valence-electron chi connectivity index (χ1n) is 10.9. The largest absolute Gasteiger partial charge is 0.475 e. The van der Waals surface area contributed by atoms with Crippen molar-refractivity contribution < 1.29 is 22.3 Å². The van der Waals surface area contributed by atoms with Crippen LogP contribution in [0.1, 0.15) is 22.6 Å². The van der Waals surface area contributed by atoms with Gasteiger partial charge in [0.15, 0.2) is 9.84 Å². The van der Waals surface area contributed by atoms with Gasteiger partial charge in [0, 0.05) is 42.7 Å². The molecule has 9 nitrogen and oxygen atoms in total. The van der Waals surface area contributed by atoms with E-state index in [9.17, 15) is 17.6 Å². The standard InChI is InChI=1S/C24H24FN5O4S/c1-35(32,33)14-13-34-24-22(16-4-7-18(25)8-5-16)29-20-15-17(6-9-19(20)30-24)23(31)28-10-2-3-21-26-11-12-27-21/h4-9,11-12,15H,2-3,10,13-14H2,1H3,(H,26,27)(H,28,31). The average Bonchev–Trinajstić information content (AvgIpc) is 3.34. The van der Waals surface area contributed by atoms with Crippen LogP contribution in [0.3, 0.4) is 0 Å². The van der Waals surface area contributed by atoms with Crippen LogP contribution < -0.4 is 10.1 Å². The van der Waals surface area contributed by atoms with E-state index >= 15 is 0 Å². The lowest BCUT2D eigenvalue weighted by Crippen LogP contribution is -2.24. The highest BCUT2D eigenvalue weighted by molar-refractivity contribution is 7.90. The van der Waals surface area contributed by atoms with Gasteiger partial charge in [0.1, 0.15) is 23.9 Å². The van der Waals surface area contributed by atoms with E-state index in [0.29, 0.717) is 34.4 Å². The molecule has 0 radical (unpaired) electrons. The fraction of sp³-hybridized carbons (Fsp3) is 0.250. The first kappa shape index (κ1) is 24.3. The lowest BCUT2D eigenvalue weighted by molar-refractivity contribution is 0.0953. The number of aromatic nitrogens is 4. The molecule has 0 fully saturated rings. The Labute approximate surface area is 201 Å². The summed E-state index contributed by atoms with van der Waals surface area (Å²) in [6.07, 6.45) is 6.01. The van der Waals surface area contributed by atoms with Crippen LogP contribution in [0.2, 0.25) is 0 Å². The Kier molecular flexibility index (Phi) is 7.35. The van der Waals surface area contributed by atoms with E-state index in [4.69, 9.17) is 4.74 Å². The van der Waals surface area contributed by atoms with Gasteiger partial charge in [0.2, 0.25) is 5.88 Å². The van der Waals surface area contributed by atoms with Crippen LogP contribution in [0, 0.1) is 5.82 Å². The van der Waals surface area contributed by atoms with E-state index in [2.05, 4.69) is 25.3 Å². The first-order valence-corrected chi connectivity index (χ1v) is 13.0. The van der Waals surface area contributed by atoms with Gasteiger partial charge in [-0.25, -0.2) is 27.8 Å². The Morgan fingerprint density at radius 3 is 2.63 bits per heavy atom. The molecule has 4 rings (SSSR count). The molecule has 0 atom stereocenters. The predicted molar refractivity (Wildman–Crippen MR) is 129 cm³/mol. The minimum atomic E-state index is -3.23. The number of sulfone groups is 1. The molecule has 0 unspecified atom stereocenters. The van der Waals surface area contributed by atoms with Gasteiger partial charge in [-0.3, -0.25) is 4.79 Å². The molecule has 35 heavy (non-hydrogen) atoms. The molecule has 2 heterocycles. The number of ether oxygens (including phenoxy) is 1.